The third-order valence-electron chi connectivity index (χ3n) is 6.26. The Morgan fingerprint density at radius 3 is 2.37 bits per heavy atom. The number of nitrogens with two attached hydrogens (primary N) is 1. The van der Waals surface area contributed by atoms with E-state index in [2.05, 4.69) is 15.0 Å². The minimum absolute atomic E-state index is 0.00716. The molecule has 1 aromatic carbocycles. The lowest BCUT2D eigenvalue weighted by atomic mass is 9.86. The highest BCUT2D eigenvalue weighted by molar-refractivity contribution is 6.42. The van der Waals surface area contributed by atoms with Crippen LogP contribution in [0.15, 0.2) is 48.9 Å². The maximum absolute atomic E-state index is 13.4. The van der Waals surface area contributed by atoms with Crippen LogP contribution in [0.25, 0.3) is 0 Å². The molecule has 1 fully saturated rings. The molecule has 35 heavy (non-hydrogen) atoms. The normalized spacial score (nSPS) is 19.0. The average molecular weight is 514 g/mol. The summed E-state index contributed by atoms with van der Waals surface area (Å²) in [5.41, 5.74) is 7.58. The number of rotatable bonds is 5. The first kappa shape index (κ1) is 25.2. The van der Waals surface area contributed by atoms with Gasteiger partial charge in [0.1, 0.15) is 11.9 Å². The van der Waals surface area contributed by atoms with E-state index >= 15 is 0 Å². The van der Waals surface area contributed by atoms with Gasteiger partial charge in [0.2, 0.25) is 5.88 Å². The molecule has 7 nitrogen and oxygen atoms in total. The zero-order chi connectivity index (χ0) is 25.3. The lowest BCUT2D eigenvalue weighted by molar-refractivity contribution is 0.0768. The van der Waals surface area contributed by atoms with Gasteiger partial charge in [0, 0.05) is 48.8 Å². The predicted molar refractivity (Wildman–Crippen MR) is 138 cm³/mol. The number of nitrogen functional groups attached to an aromatic ring is 1. The molecule has 1 aliphatic heterocycles. The Kier molecular flexibility index (Phi) is 7.20. The molecule has 3 heterocycles. The van der Waals surface area contributed by atoms with Crippen LogP contribution in [0.3, 0.4) is 0 Å². The maximum Gasteiger partial charge on any atom is 0.257 e. The van der Waals surface area contributed by atoms with E-state index in [1.54, 1.807) is 36.8 Å². The summed E-state index contributed by atoms with van der Waals surface area (Å²) in [7, 11) is 0. The van der Waals surface area contributed by atoms with Gasteiger partial charge in [0.25, 0.3) is 5.91 Å². The molecule has 0 spiro atoms. The largest absolute Gasteiger partial charge is 0.474 e. The number of likely N-dealkylation sites (tertiary alicyclic amines) is 1. The van der Waals surface area contributed by atoms with Gasteiger partial charge in [-0.25, -0.2) is 15.0 Å². The van der Waals surface area contributed by atoms with Gasteiger partial charge in [-0.3, -0.25) is 4.79 Å². The van der Waals surface area contributed by atoms with Crippen molar-refractivity contribution in [2.75, 3.05) is 18.8 Å². The molecule has 3 atom stereocenters. The molecule has 3 aromatic rings. The van der Waals surface area contributed by atoms with Crippen LogP contribution in [0.5, 0.6) is 5.88 Å². The molecular formula is C26H29Cl2N5O2. The topological polar surface area (TPSA) is 94.2 Å². The SMILES string of the molecule is C[C@H](Oc1ccc(N)cn1)[C@H]1CN(C(=O)c2cnc(C(C)(C)C)nc2)C[C@@H]1c1ccc(Cl)c(Cl)c1. The molecule has 0 saturated carbocycles. The number of benzene rings is 1. The van der Waals surface area contributed by atoms with Crippen LogP contribution in [-0.2, 0) is 5.41 Å². The molecule has 1 amide bonds. The van der Waals surface area contributed by atoms with Crippen LogP contribution in [0.2, 0.25) is 10.0 Å². The predicted octanol–water partition coefficient (Wildman–Crippen LogP) is 5.38. The average Bonchev–Trinajstić information content (AvgIpc) is 3.27. The Balaban J connectivity index is 1.59. The Labute approximate surface area is 215 Å². The van der Waals surface area contributed by atoms with Crippen LogP contribution in [0.1, 0.15) is 55.4 Å². The third-order valence-corrected chi connectivity index (χ3v) is 7.00. The van der Waals surface area contributed by atoms with Crippen LogP contribution in [0.4, 0.5) is 5.69 Å². The second kappa shape index (κ2) is 9.99. The minimum Gasteiger partial charge on any atom is -0.474 e. The smallest absolute Gasteiger partial charge is 0.257 e. The zero-order valence-electron chi connectivity index (χ0n) is 20.2. The van der Waals surface area contributed by atoms with Crippen molar-refractivity contribution in [3.8, 4) is 5.88 Å². The first-order valence-corrected chi connectivity index (χ1v) is 12.2. The van der Waals surface area contributed by atoms with E-state index in [1.807, 2.05) is 44.7 Å². The van der Waals surface area contributed by atoms with Crippen molar-refractivity contribution in [3.63, 3.8) is 0 Å². The summed E-state index contributed by atoms with van der Waals surface area (Å²) in [6, 6.07) is 9.09. The fourth-order valence-corrected chi connectivity index (χ4v) is 4.62. The van der Waals surface area contributed by atoms with Gasteiger partial charge >= 0.3 is 0 Å². The van der Waals surface area contributed by atoms with Crippen LogP contribution in [-0.4, -0.2) is 45.0 Å². The molecule has 1 aliphatic rings. The highest BCUT2D eigenvalue weighted by atomic mass is 35.5. The number of pyridine rings is 1. The molecule has 1 saturated heterocycles. The Hall–Kier alpha value is -2.90. The number of carbonyl (C=O) groups is 1. The van der Waals surface area contributed by atoms with Gasteiger partial charge in [0.15, 0.2) is 0 Å². The molecule has 2 N–H and O–H groups in total. The summed E-state index contributed by atoms with van der Waals surface area (Å²) in [6.45, 7) is 9.10. The lowest BCUT2D eigenvalue weighted by Gasteiger charge is -2.25. The van der Waals surface area contributed by atoms with Crippen molar-refractivity contribution < 1.29 is 9.53 Å². The summed E-state index contributed by atoms with van der Waals surface area (Å²) >= 11 is 12.5. The van der Waals surface area contributed by atoms with Crippen molar-refractivity contribution in [1.82, 2.24) is 19.9 Å². The van der Waals surface area contributed by atoms with Crippen LogP contribution < -0.4 is 10.5 Å². The highest BCUT2D eigenvalue weighted by Gasteiger charge is 2.40. The number of nitrogens with zero attached hydrogens (tertiary/aromatic N) is 4. The molecule has 9 heteroatoms. The standard InChI is InChI=1S/C26H29Cl2N5O2/c1-15(35-23-8-6-18(29)12-30-23)19-13-33(14-20(19)16-5-7-21(27)22(28)9-16)24(34)17-10-31-25(32-11-17)26(2,3)4/h5-12,15,19-20H,13-14,29H2,1-4H3/t15-,19+,20+/m0/s1. The van der Waals surface area contributed by atoms with E-state index in [4.69, 9.17) is 33.7 Å². The van der Waals surface area contributed by atoms with Crippen molar-refractivity contribution in [2.24, 2.45) is 5.92 Å². The van der Waals surface area contributed by atoms with Gasteiger partial charge in [-0.15, -0.1) is 0 Å². The van der Waals surface area contributed by atoms with E-state index in [-0.39, 0.29) is 29.3 Å². The number of ether oxygens (including phenoxy) is 1. The van der Waals surface area contributed by atoms with Crippen molar-refractivity contribution in [3.05, 3.63) is 75.9 Å². The molecule has 0 aliphatic carbocycles. The number of amides is 1. The Bertz CT molecular complexity index is 1200. The summed E-state index contributed by atoms with van der Waals surface area (Å²) in [4.78, 5) is 28.3. The first-order valence-electron chi connectivity index (χ1n) is 11.5. The quantitative estimate of drug-likeness (QED) is 0.491. The molecule has 184 valence electrons. The molecule has 0 unspecified atom stereocenters. The van der Waals surface area contributed by atoms with Gasteiger partial charge in [-0.2, -0.15) is 0 Å². The fraction of sp³-hybridized carbons (Fsp3) is 0.385. The van der Waals surface area contributed by atoms with Crippen molar-refractivity contribution in [2.45, 2.75) is 45.1 Å². The molecule has 0 radical (unpaired) electrons. The number of aromatic nitrogens is 3. The maximum atomic E-state index is 13.4. The number of carbonyl (C=O) groups excluding carboxylic acids is 1. The van der Waals surface area contributed by atoms with E-state index in [9.17, 15) is 4.79 Å². The number of anilines is 1. The number of hydrogen-bond donors (Lipinski definition) is 1. The number of halogens is 2. The zero-order valence-corrected chi connectivity index (χ0v) is 21.7. The second-order valence-electron chi connectivity index (χ2n) is 9.95. The van der Waals surface area contributed by atoms with Crippen molar-refractivity contribution in [1.29, 1.82) is 0 Å². The monoisotopic (exact) mass is 513 g/mol. The van der Waals surface area contributed by atoms with Gasteiger partial charge in [0.05, 0.1) is 27.5 Å². The van der Waals surface area contributed by atoms with Gasteiger partial charge in [-0.1, -0.05) is 50.0 Å². The van der Waals surface area contributed by atoms with E-state index in [0.717, 1.165) is 5.56 Å². The fourth-order valence-electron chi connectivity index (χ4n) is 4.31. The highest BCUT2D eigenvalue weighted by Crippen LogP contribution is 2.38. The van der Waals surface area contributed by atoms with Crippen molar-refractivity contribution >= 4 is 34.8 Å². The van der Waals surface area contributed by atoms with E-state index in [0.29, 0.717) is 46.1 Å². The van der Waals surface area contributed by atoms with E-state index in [1.165, 1.54) is 0 Å². The Morgan fingerprint density at radius 2 is 1.77 bits per heavy atom. The molecule has 0 bridgehead atoms. The molecule has 4 rings (SSSR count). The van der Waals surface area contributed by atoms with Crippen LogP contribution >= 0.6 is 23.2 Å². The Morgan fingerprint density at radius 1 is 1.06 bits per heavy atom. The second-order valence-corrected chi connectivity index (χ2v) is 10.8. The van der Waals surface area contributed by atoms with Gasteiger partial charge < -0.3 is 15.4 Å². The lowest BCUT2D eigenvalue weighted by Crippen LogP contribution is -2.32. The van der Waals surface area contributed by atoms with E-state index < -0.39 is 0 Å². The number of hydrogen-bond acceptors (Lipinski definition) is 6. The summed E-state index contributed by atoms with van der Waals surface area (Å²) in [5, 5.41) is 0.969. The molecule has 2 aromatic heterocycles. The van der Waals surface area contributed by atoms with Crippen LogP contribution in [0, 0.1) is 5.92 Å². The molecular weight excluding hydrogens is 485 g/mol. The van der Waals surface area contributed by atoms with Gasteiger partial charge in [-0.05, 0) is 30.7 Å². The minimum atomic E-state index is -0.233. The first-order chi connectivity index (χ1) is 16.5. The summed E-state index contributed by atoms with van der Waals surface area (Å²) < 4.78 is 6.16. The summed E-state index contributed by atoms with van der Waals surface area (Å²) in [6.07, 6.45) is 4.54. The third kappa shape index (κ3) is 5.68. The summed E-state index contributed by atoms with van der Waals surface area (Å²) in [5.74, 6) is 1.05.